The van der Waals surface area contributed by atoms with Gasteiger partial charge in [-0.2, -0.15) is 4.67 Å². The Kier molecular flexibility index (Phi) is 6.63. The first-order valence-corrected chi connectivity index (χ1v) is 11.0. The second-order valence-electron chi connectivity index (χ2n) is 6.14. The van der Waals surface area contributed by atoms with Crippen molar-refractivity contribution in [1.82, 2.24) is 0 Å². The predicted octanol–water partition coefficient (Wildman–Crippen LogP) is 4.15. The minimum absolute atomic E-state index is 0.0798. The first kappa shape index (κ1) is 19.0. The minimum atomic E-state index is -3.57. The Morgan fingerprint density at radius 1 is 1.32 bits per heavy atom. The summed E-state index contributed by atoms with van der Waals surface area (Å²) in [5.41, 5.74) is -0.813. The lowest BCUT2D eigenvalue weighted by Gasteiger charge is -2.35. The first-order valence-electron chi connectivity index (χ1n) is 6.47. The number of hydrogen-bond acceptors (Lipinski definition) is 5. The molecule has 0 aromatic rings. The molecule has 0 fully saturated rings. The van der Waals surface area contributed by atoms with Gasteiger partial charge < -0.3 is 4.52 Å². The summed E-state index contributed by atoms with van der Waals surface area (Å²) < 4.78 is 28.0. The molecule has 0 saturated heterocycles. The molecule has 0 amide bonds. The van der Waals surface area contributed by atoms with E-state index in [-0.39, 0.29) is 17.2 Å². The van der Waals surface area contributed by atoms with Gasteiger partial charge in [0.05, 0.1) is 0 Å². The molecule has 0 bridgehead atoms. The zero-order valence-electron chi connectivity index (χ0n) is 13.3. The van der Waals surface area contributed by atoms with E-state index in [1.165, 1.54) is 7.11 Å². The van der Waals surface area contributed by atoms with Crippen LogP contribution < -0.4 is 0 Å². The van der Waals surface area contributed by atoms with Crippen LogP contribution in [0.4, 0.5) is 0 Å². The van der Waals surface area contributed by atoms with Crippen molar-refractivity contribution in [2.45, 2.75) is 64.8 Å². The number of Topliss-reactive ketones (excluding diaryl/α,β-unsaturated/α-hetero) is 1. The fourth-order valence-corrected chi connectivity index (χ4v) is 3.45. The van der Waals surface area contributed by atoms with Crippen molar-refractivity contribution in [3.63, 3.8) is 0 Å². The molecule has 0 heterocycles. The average molecular weight is 310 g/mol. The minimum Gasteiger partial charge on any atom is -0.310 e. The van der Waals surface area contributed by atoms with E-state index in [4.69, 9.17) is 13.8 Å². The number of ketones is 1. The summed E-state index contributed by atoms with van der Waals surface area (Å²) in [6, 6.07) is 0. The summed E-state index contributed by atoms with van der Waals surface area (Å²) in [6.45, 7) is 13.3. The average Bonchev–Trinajstić information content (AvgIpc) is 2.32. The maximum atomic E-state index is 12.5. The molecule has 0 spiro atoms. The first-order chi connectivity index (χ1) is 8.41. The molecule has 114 valence electrons. The molecular formula is C12H27O5PSi. The fourth-order valence-electron chi connectivity index (χ4n) is 0.995. The zero-order valence-corrected chi connectivity index (χ0v) is 15.2. The predicted molar refractivity (Wildman–Crippen MR) is 78.7 cm³/mol. The zero-order chi connectivity index (χ0) is 15.5. The smallest absolute Gasteiger partial charge is 0.310 e. The van der Waals surface area contributed by atoms with Crippen molar-refractivity contribution in [2.75, 3.05) is 7.11 Å². The Labute approximate surface area is 117 Å². The highest BCUT2D eigenvalue weighted by molar-refractivity contribution is 7.55. The lowest BCUT2D eigenvalue weighted by Crippen LogP contribution is -2.40. The van der Waals surface area contributed by atoms with E-state index >= 15 is 0 Å². The SMILES string of the molecule is CCC(=O)[C@H](C)P(=O)(OC)OO[Si](C)(C)C(C)(C)C. The van der Waals surface area contributed by atoms with Crippen LogP contribution >= 0.6 is 7.60 Å². The summed E-state index contributed by atoms with van der Waals surface area (Å²) >= 11 is 0. The van der Waals surface area contributed by atoms with Gasteiger partial charge in [-0.25, -0.2) is 0 Å². The van der Waals surface area contributed by atoms with Crippen molar-refractivity contribution in [2.24, 2.45) is 0 Å². The van der Waals surface area contributed by atoms with E-state index in [0.717, 1.165) is 0 Å². The van der Waals surface area contributed by atoms with Crippen LogP contribution in [0.5, 0.6) is 0 Å². The van der Waals surface area contributed by atoms with Gasteiger partial charge in [0.2, 0.25) is 8.32 Å². The van der Waals surface area contributed by atoms with Crippen LogP contribution in [0, 0.1) is 0 Å². The number of carbonyl (C=O) groups excluding carboxylic acids is 1. The highest BCUT2D eigenvalue weighted by Crippen LogP contribution is 2.54. The molecule has 2 atom stereocenters. The quantitative estimate of drug-likeness (QED) is 0.306. The van der Waals surface area contributed by atoms with Crippen molar-refractivity contribution >= 4 is 21.7 Å². The van der Waals surface area contributed by atoms with Gasteiger partial charge in [0.1, 0.15) is 11.4 Å². The molecule has 0 N–H and O–H groups in total. The third-order valence-electron chi connectivity index (χ3n) is 3.70. The molecule has 1 unspecified atom stereocenters. The molecular weight excluding hydrogens is 283 g/mol. The Bertz CT molecular complexity index is 362. The van der Waals surface area contributed by atoms with Crippen LogP contribution in [0.1, 0.15) is 41.0 Å². The fraction of sp³-hybridized carbons (Fsp3) is 0.917. The summed E-state index contributed by atoms with van der Waals surface area (Å²) in [7, 11) is -4.50. The van der Waals surface area contributed by atoms with Crippen LogP contribution in [0.2, 0.25) is 18.1 Å². The van der Waals surface area contributed by atoms with Gasteiger partial charge in [-0.3, -0.25) is 13.9 Å². The maximum Gasteiger partial charge on any atom is 0.366 e. The topological polar surface area (TPSA) is 61.8 Å². The molecule has 5 nitrogen and oxygen atoms in total. The highest BCUT2D eigenvalue weighted by Gasteiger charge is 2.44. The normalized spacial score (nSPS) is 17.9. The van der Waals surface area contributed by atoms with Crippen molar-refractivity contribution in [3.8, 4) is 0 Å². The van der Waals surface area contributed by atoms with Gasteiger partial charge in [0.15, 0.2) is 0 Å². The Morgan fingerprint density at radius 3 is 2.11 bits per heavy atom. The van der Waals surface area contributed by atoms with Crippen molar-refractivity contribution in [1.29, 1.82) is 0 Å². The summed E-state index contributed by atoms with van der Waals surface area (Å²) in [6.07, 6.45) is 0.290. The van der Waals surface area contributed by atoms with Crippen LogP contribution in [0.3, 0.4) is 0 Å². The van der Waals surface area contributed by atoms with E-state index in [1.807, 2.05) is 33.9 Å². The summed E-state index contributed by atoms with van der Waals surface area (Å²) in [5.74, 6) is -0.163. The molecule has 0 aliphatic rings. The lowest BCUT2D eigenvalue weighted by molar-refractivity contribution is -0.132. The number of rotatable bonds is 7. The molecule has 19 heavy (non-hydrogen) atoms. The van der Waals surface area contributed by atoms with Gasteiger partial charge in [-0.1, -0.05) is 27.7 Å². The second-order valence-corrected chi connectivity index (χ2v) is 13.2. The maximum absolute atomic E-state index is 12.5. The molecule has 0 saturated carbocycles. The lowest BCUT2D eigenvalue weighted by atomic mass is 10.2. The Hall–Kier alpha value is -0.00312. The van der Waals surface area contributed by atoms with E-state index in [2.05, 4.69) is 0 Å². The molecule has 0 aliphatic carbocycles. The summed E-state index contributed by atoms with van der Waals surface area (Å²) in [4.78, 5) is 11.7. The van der Waals surface area contributed by atoms with Crippen LogP contribution in [-0.2, 0) is 23.1 Å². The molecule has 0 radical (unpaired) electrons. The van der Waals surface area contributed by atoms with E-state index in [9.17, 15) is 9.36 Å². The number of hydrogen-bond donors (Lipinski definition) is 0. The van der Waals surface area contributed by atoms with Crippen molar-refractivity contribution in [3.05, 3.63) is 0 Å². The van der Waals surface area contributed by atoms with Crippen LogP contribution in [0.25, 0.3) is 0 Å². The molecule has 0 aliphatic heterocycles. The Morgan fingerprint density at radius 2 is 1.79 bits per heavy atom. The second kappa shape index (κ2) is 6.63. The monoisotopic (exact) mass is 310 g/mol. The molecule has 0 rings (SSSR count). The molecule has 0 aromatic heterocycles. The van der Waals surface area contributed by atoms with Gasteiger partial charge in [0.25, 0.3) is 0 Å². The largest absolute Gasteiger partial charge is 0.366 e. The third-order valence-corrected chi connectivity index (χ3v) is 9.98. The van der Waals surface area contributed by atoms with Crippen LogP contribution in [-0.4, -0.2) is 26.9 Å². The van der Waals surface area contributed by atoms with Crippen molar-refractivity contribution < 1.29 is 23.1 Å². The molecule has 0 aromatic carbocycles. The van der Waals surface area contributed by atoms with E-state index < -0.39 is 21.6 Å². The standard InChI is InChI=1S/C12H27O5PSi/c1-9-11(13)10(2)18(14,15-6)16-17-19(7,8)12(3,4)5/h10H,9H2,1-8H3/t10-,18?/m0/s1. The van der Waals surface area contributed by atoms with Gasteiger partial charge in [-0.15, -0.1) is 0 Å². The summed E-state index contributed by atoms with van der Waals surface area (Å²) in [5, 5.41) is -0.0798. The van der Waals surface area contributed by atoms with Crippen LogP contribution in [0.15, 0.2) is 0 Å². The number of carbonyl (C=O) groups is 1. The van der Waals surface area contributed by atoms with Gasteiger partial charge in [0, 0.05) is 13.5 Å². The van der Waals surface area contributed by atoms with Gasteiger partial charge in [-0.05, 0) is 25.1 Å². The third kappa shape index (κ3) is 4.79. The molecule has 7 heteroatoms. The van der Waals surface area contributed by atoms with E-state index in [0.29, 0.717) is 0 Å². The Balaban J connectivity index is 4.93. The van der Waals surface area contributed by atoms with Gasteiger partial charge >= 0.3 is 7.60 Å². The highest BCUT2D eigenvalue weighted by atomic mass is 31.2. The van der Waals surface area contributed by atoms with E-state index in [1.54, 1.807) is 13.8 Å².